The summed E-state index contributed by atoms with van der Waals surface area (Å²) in [5, 5.41) is 3.44. The van der Waals surface area contributed by atoms with E-state index >= 15 is 0 Å². The van der Waals surface area contributed by atoms with Crippen molar-refractivity contribution in [2.75, 3.05) is 23.7 Å². The van der Waals surface area contributed by atoms with Gasteiger partial charge in [-0.25, -0.2) is 8.42 Å². The molecule has 0 aliphatic heterocycles. The van der Waals surface area contributed by atoms with Gasteiger partial charge in [0.15, 0.2) is 0 Å². The summed E-state index contributed by atoms with van der Waals surface area (Å²) >= 11 is 9.54. The lowest BCUT2D eigenvalue weighted by Gasteiger charge is -2.34. The number of rotatable bonds is 12. The number of nitrogens with one attached hydrogen (secondary N) is 1. The Morgan fingerprint density at radius 3 is 2.20 bits per heavy atom. The number of halogens is 2. The van der Waals surface area contributed by atoms with Gasteiger partial charge >= 0.3 is 0 Å². The van der Waals surface area contributed by atoms with E-state index in [0.717, 1.165) is 26.2 Å². The molecule has 0 radical (unpaired) electrons. The fourth-order valence-electron chi connectivity index (χ4n) is 4.26. The molecule has 0 heterocycles. The van der Waals surface area contributed by atoms with Crippen molar-refractivity contribution in [1.29, 1.82) is 0 Å². The van der Waals surface area contributed by atoms with E-state index < -0.39 is 28.5 Å². The summed E-state index contributed by atoms with van der Waals surface area (Å²) in [5.41, 5.74) is 2.66. The number of amides is 2. The molecule has 0 aromatic heterocycles. The number of carbonyl (C=O) groups excluding carboxylic acids is 2. The standard InChI is InChI=1S/C30H35BrClN3O4S/c1-21(2)18-33-30(37)28(17-23-8-6-5-7-9-23)34(19-24-10-12-25(31)13-11-24)29(36)20-35(40(4,38)39)27-15-14-26(32)16-22(27)3/h5-16,21,28H,17-20H2,1-4H3,(H,33,37)/t28-/m1/s1. The summed E-state index contributed by atoms with van der Waals surface area (Å²) in [5.74, 6) is -0.578. The second kappa shape index (κ2) is 14.1. The van der Waals surface area contributed by atoms with Gasteiger partial charge in [0, 0.05) is 29.0 Å². The predicted octanol–water partition coefficient (Wildman–Crippen LogP) is 5.59. The number of hydrogen-bond acceptors (Lipinski definition) is 4. The van der Waals surface area contributed by atoms with Crippen LogP contribution in [0, 0.1) is 12.8 Å². The molecule has 0 unspecified atom stereocenters. The van der Waals surface area contributed by atoms with Crippen LogP contribution >= 0.6 is 27.5 Å². The fraction of sp³-hybridized carbons (Fsp3) is 0.333. The van der Waals surface area contributed by atoms with Crippen LogP contribution in [-0.2, 0) is 32.6 Å². The van der Waals surface area contributed by atoms with Crippen molar-refractivity contribution in [3.63, 3.8) is 0 Å². The maximum Gasteiger partial charge on any atom is 0.244 e. The Morgan fingerprint density at radius 2 is 1.62 bits per heavy atom. The van der Waals surface area contributed by atoms with Crippen molar-refractivity contribution in [1.82, 2.24) is 10.2 Å². The van der Waals surface area contributed by atoms with Crippen molar-refractivity contribution in [3.8, 4) is 0 Å². The van der Waals surface area contributed by atoms with Gasteiger partial charge in [-0.05, 0) is 59.9 Å². The molecule has 2 amide bonds. The SMILES string of the molecule is Cc1cc(Cl)ccc1N(CC(=O)N(Cc1ccc(Br)cc1)[C@H](Cc1ccccc1)C(=O)NCC(C)C)S(C)(=O)=O. The number of sulfonamides is 1. The third-order valence-corrected chi connectivity index (χ3v) is 8.22. The van der Waals surface area contributed by atoms with Crippen LogP contribution < -0.4 is 9.62 Å². The molecule has 3 aromatic rings. The van der Waals surface area contributed by atoms with Gasteiger partial charge in [0.25, 0.3) is 0 Å². The Hall–Kier alpha value is -2.88. The van der Waals surface area contributed by atoms with Gasteiger partial charge in [-0.15, -0.1) is 0 Å². The summed E-state index contributed by atoms with van der Waals surface area (Å²) < 4.78 is 27.8. The molecule has 40 heavy (non-hydrogen) atoms. The van der Waals surface area contributed by atoms with Crippen LogP contribution in [0.3, 0.4) is 0 Å². The first-order chi connectivity index (χ1) is 18.8. The Kier molecular flexibility index (Phi) is 11.2. The summed E-state index contributed by atoms with van der Waals surface area (Å²) in [6.45, 7) is 5.83. The molecule has 0 saturated carbocycles. The first-order valence-corrected chi connectivity index (χ1v) is 16.0. The molecule has 3 rings (SSSR count). The summed E-state index contributed by atoms with van der Waals surface area (Å²) in [6.07, 6.45) is 1.33. The molecule has 10 heteroatoms. The lowest BCUT2D eigenvalue weighted by Crippen LogP contribution is -2.53. The van der Waals surface area contributed by atoms with Gasteiger partial charge in [0.05, 0.1) is 11.9 Å². The Labute approximate surface area is 250 Å². The van der Waals surface area contributed by atoms with E-state index in [2.05, 4.69) is 21.2 Å². The zero-order valence-electron chi connectivity index (χ0n) is 23.1. The Balaban J connectivity index is 2.06. The molecule has 0 aliphatic carbocycles. The third-order valence-electron chi connectivity index (χ3n) is 6.33. The van der Waals surface area contributed by atoms with Crippen LogP contribution in [-0.4, -0.2) is 50.5 Å². The van der Waals surface area contributed by atoms with Crippen LogP contribution in [0.5, 0.6) is 0 Å². The fourth-order valence-corrected chi connectivity index (χ4v) is 5.65. The molecule has 1 N–H and O–H groups in total. The highest BCUT2D eigenvalue weighted by Gasteiger charge is 2.33. The number of anilines is 1. The highest BCUT2D eigenvalue weighted by molar-refractivity contribution is 9.10. The van der Waals surface area contributed by atoms with Crippen molar-refractivity contribution < 1.29 is 18.0 Å². The van der Waals surface area contributed by atoms with Crippen LogP contribution in [0.2, 0.25) is 5.02 Å². The van der Waals surface area contributed by atoms with E-state index in [0.29, 0.717) is 22.8 Å². The van der Waals surface area contributed by atoms with Crippen molar-refractivity contribution in [2.24, 2.45) is 5.92 Å². The second-order valence-electron chi connectivity index (χ2n) is 10.2. The average Bonchev–Trinajstić information content (AvgIpc) is 2.89. The van der Waals surface area contributed by atoms with Crippen LogP contribution in [0.15, 0.2) is 77.3 Å². The Bertz CT molecular complexity index is 1420. The van der Waals surface area contributed by atoms with E-state index in [-0.39, 0.29) is 24.8 Å². The van der Waals surface area contributed by atoms with Crippen molar-refractivity contribution >= 4 is 55.1 Å². The maximum absolute atomic E-state index is 14.1. The third kappa shape index (κ3) is 9.08. The van der Waals surface area contributed by atoms with Crippen LogP contribution in [0.25, 0.3) is 0 Å². The lowest BCUT2D eigenvalue weighted by molar-refractivity contribution is -0.140. The quantitative estimate of drug-likeness (QED) is 0.278. The van der Waals surface area contributed by atoms with E-state index in [4.69, 9.17) is 11.6 Å². The largest absolute Gasteiger partial charge is 0.354 e. The first kappa shape index (κ1) is 31.6. The van der Waals surface area contributed by atoms with E-state index in [9.17, 15) is 18.0 Å². The molecule has 0 aliphatic rings. The normalized spacial score (nSPS) is 12.2. The summed E-state index contributed by atoms with van der Waals surface area (Å²) in [6, 6.07) is 20.9. The highest BCUT2D eigenvalue weighted by Crippen LogP contribution is 2.26. The molecular weight excluding hydrogens is 614 g/mol. The number of nitrogens with zero attached hydrogens (tertiary/aromatic N) is 2. The van der Waals surface area contributed by atoms with Crippen molar-refractivity contribution in [2.45, 2.75) is 39.8 Å². The molecular formula is C30H35BrClN3O4S. The second-order valence-corrected chi connectivity index (χ2v) is 13.5. The van der Waals surface area contributed by atoms with E-state index in [1.807, 2.05) is 68.4 Å². The highest BCUT2D eigenvalue weighted by atomic mass is 79.9. The minimum atomic E-state index is -3.85. The van der Waals surface area contributed by atoms with E-state index in [1.165, 1.54) is 4.90 Å². The number of hydrogen-bond donors (Lipinski definition) is 1. The first-order valence-electron chi connectivity index (χ1n) is 12.9. The predicted molar refractivity (Wildman–Crippen MR) is 165 cm³/mol. The van der Waals surface area contributed by atoms with Gasteiger partial charge in [-0.2, -0.15) is 0 Å². The molecule has 3 aromatic carbocycles. The molecule has 0 spiro atoms. The molecule has 214 valence electrons. The lowest BCUT2D eigenvalue weighted by atomic mass is 10.0. The molecule has 0 fully saturated rings. The molecule has 7 nitrogen and oxygen atoms in total. The van der Waals surface area contributed by atoms with Gasteiger partial charge in [-0.3, -0.25) is 13.9 Å². The van der Waals surface area contributed by atoms with Gasteiger partial charge in [0.2, 0.25) is 21.8 Å². The zero-order valence-corrected chi connectivity index (χ0v) is 26.3. The maximum atomic E-state index is 14.1. The Morgan fingerprint density at radius 1 is 0.975 bits per heavy atom. The van der Waals surface area contributed by atoms with Crippen molar-refractivity contribution in [3.05, 3.63) is 99.0 Å². The van der Waals surface area contributed by atoms with E-state index in [1.54, 1.807) is 25.1 Å². The molecule has 0 saturated heterocycles. The van der Waals surface area contributed by atoms with Crippen LogP contribution in [0.4, 0.5) is 5.69 Å². The minimum absolute atomic E-state index is 0.121. The number of benzene rings is 3. The average molecular weight is 649 g/mol. The zero-order chi connectivity index (χ0) is 29.4. The topological polar surface area (TPSA) is 86.8 Å². The summed E-state index contributed by atoms with van der Waals surface area (Å²) in [4.78, 5) is 29.2. The van der Waals surface area contributed by atoms with Gasteiger partial charge in [-0.1, -0.05) is 83.8 Å². The number of aryl methyl sites for hydroxylation is 1. The van der Waals surface area contributed by atoms with Crippen LogP contribution in [0.1, 0.15) is 30.5 Å². The monoisotopic (exact) mass is 647 g/mol. The van der Waals surface area contributed by atoms with Gasteiger partial charge < -0.3 is 10.2 Å². The molecule has 1 atom stereocenters. The summed E-state index contributed by atoms with van der Waals surface area (Å²) in [7, 11) is -3.85. The number of carbonyl (C=O) groups is 2. The minimum Gasteiger partial charge on any atom is -0.354 e. The van der Waals surface area contributed by atoms with Gasteiger partial charge in [0.1, 0.15) is 12.6 Å². The smallest absolute Gasteiger partial charge is 0.244 e. The molecule has 0 bridgehead atoms.